The normalized spacial score (nSPS) is 19.7. The average Bonchev–Trinajstić information content (AvgIpc) is 3.08. The van der Waals surface area contributed by atoms with Gasteiger partial charge in [0.2, 0.25) is 5.91 Å². The molecule has 2 aliphatic rings. The topological polar surface area (TPSA) is 101 Å². The summed E-state index contributed by atoms with van der Waals surface area (Å²) in [7, 11) is 0. The highest BCUT2D eigenvalue weighted by atomic mass is 32.2. The van der Waals surface area contributed by atoms with Gasteiger partial charge in [0.05, 0.1) is 10.5 Å². The van der Waals surface area contributed by atoms with Gasteiger partial charge in [-0.25, -0.2) is 4.98 Å². The number of pyridine rings is 1. The molecule has 0 aliphatic carbocycles. The molecule has 2 aromatic heterocycles. The summed E-state index contributed by atoms with van der Waals surface area (Å²) in [4.78, 5) is 47.2. The Bertz CT molecular complexity index is 1230. The van der Waals surface area contributed by atoms with E-state index in [2.05, 4.69) is 0 Å². The SMILES string of the molecule is CC[C@@H](C)N1C(=O)/C(=C/c2c(N3CCC(C(N)=O)CC3)nc3c(C)cccn3c2=O)SC1=S. The predicted molar refractivity (Wildman–Crippen MR) is 135 cm³/mol. The monoisotopic (exact) mass is 485 g/mol. The van der Waals surface area contributed by atoms with Crippen LogP contribution in [0.5, 0.6) is 0 Å². The Morgan fingerprint density at radius 1 is 1.36 bits per heavy atom. The zero-order valence-electron chi connectivity index (χ0n) is 18.9. The molecule has 33 heavy (non-hydrogen) atoms. The van der Waals surface area contributed by atoms with Crippen molar-refractivity contribution in [2.75, 3.05) is 18.0 Å². The van der Waals surface area contributed by atoms with Crippen molar-refractivity contribution >= 4 is 57.7 Å². The number of aromatic nitrogens is 2. The van der Waals surface area contributed by atoms with Gasteiger partial charge >= 0.3 is 0 Å². The summed E-state index contributed by atoms with van der Waals surface area (Å²) < 4.78 is 2.00. The third kappa shape index (κ3) is 4.29. The van der Waals surface area contributed by atoms with Crippen LogP contribution in [0.15, 0.2) is 28.0 Å². The molecule has 2 N–H and O–H groups in total. The van der Waals surface area contributed by atoms with Crippen LogP contribution in [-0.2, 0) is 9.59 Å². The number of amides is 2. The van der Waals surface area contributed by atoms with E-state index in [-0.39, 0.29) is 29.3 Å². The molecule has 174 valence electrons. The van der Waals surface area contributed by atoms with Gasteiger partial charge in [-0.3, -0.25) is 23.7 Å². The van der Waals surface area contributed by atoms with E-state index >= 15 is 0 Å². The van der Waals surface area contributed by atoms with Crippen molar-refractivity contribution in [2.45, 2.75) is 46.1 Å². The maximum Gasteiger partial charge on any atom is 0.267 e. The fraction of sp³-hybridized carbons (Fsp3) is 0.435. The number of primary amides is 1. The number of nitrogens with two attached hydrogens (primary N) is 1. The van der Waals surface area contributed by atoms with Crippen molar-refractivity contribution in [1.82, 2.24) is 14.3 Å². The van der Waals surface area contributed by atoms with E-state index in [9.17, 15) is 14.4 Å². The lowest BCUT2D eigenvalue weighted by Gasteiger charge is -2.32. The maximum absolute atomic E-state index is 13.6. The smallest absolute Gasteiger partial charge is 0.267 e. The summed E-state index contributed by atoms with van der Waals surface area (Å²) in [5.41, 5.74) is 7.04. The van der Waals surface area contributed by atoms with Crippen molar-refractivity contribution in [2.24, 2.45) is 11.7 Å². The van der Waals surface area contributed by atoms with Crippen LogP contribution in [0.2, 0.25) is 0 Å². The molecular weight excluding hydrogens is 458 g/mol. The van der Waals surface area contributed by atoms with E-state index < -0.39 is 0 Å². The van der Waals surface area contributed by atoms with Crippen LogP contribution < -0.4 is 16.2 Å². The maximum atomic E-state index is 13.6. The largest absolute Gasteiger partial charge is 0.369 e. The summed E-state index contributed by atoms with van der Waals surface area (Å²) in [6, 6.07) is 3.69. The van der Waals surface area contributed by atoms with E-state index in [1.807, 2.05) is 31.7 Å². The van der Waals surface area contributed by atoms with Crippen LogP contribution in [-0.4, -0.2) is 49.6 Å². The van der Waals surface area contributed by atoms with Gasteiger partial charge in [-0.1, -0.05) is 37.0 Å². The summed E-state index contributed by atoms with van der Waals surface area (Å²) >= 11 is 6.66. The van der Waals surface area contributed by atoms with E-state index in [4.69, 9.17) is 22.9 Å². The fourth-order valence-corrected chi connectivity index (χ4v) is 5.66. The number of carbonyl (C=O) groups excluding carboxylic acids is 2. The Kier molecular flexibility index (Phi) is 6.58. The summed E-state index contributed by atoms with van der Waals surface area (Å²) in [5, 5.41) is 0. The van der Waals surface area contributed by atoms with Crippen LogP contribution in [0.3, 0.4) is 0 Å². The number of aryl methyl sites for hydroxylation is 1. The van der Waals surface area contributed by atoms with Gasteiger partial charge < -0.3 is 10.6 Å². The van der Waals surface area contributed by atoms with Gasteiger partial charge in [0.15, 0.2) is 0 Å². The number of hydrogen-bond acceptors (Lipinski definition) is 7. The molecule has 1 atom stereocenters. The first kappa shape index (κ1) is 23.4. The third-order valence-electron chi connectivity index (χ3n) is 6.39. The molecule has 10 heteroatoms. The Balaban J connectivity index is 1.83. The number of rotatable bonds is 5. The second-order valence-electron chi connectivity index (χ2n) is 8.51. The number of piperidine rings is 1. The van der Waals surface area contributed by atoms with Gasteiger partial charge in [0, 0.05) is 31.2 Å². The molecule has 2 fully saturated rings. The second-order valence-corrected chi connectivity index (χ2v) is 10.2. The molecule has 0 aromatic carbocycles. The minimum atomic E-state index is -0.300. The minimum Gasteiger partial charge on any atom is -0.369 e. The molecule has 2 aromatic rings. The predicted octanol–water partition coefficient (Wildman–Crippen LogP) is 2.70. The first-order valence-electron chi connectivity index (χ1n) is 11.1. The summed E-state index contributed by atoms with van der Waals surface area (Å²) in [5.74, 6) is -0.150. The molecule has 0 unspecified atom stereocenters. The van der Waals surface area contributed by atoms with Crippen LogP contribution in [0.4, 0.5) is 5.82 Å². The molecule has 4 rings (SSSR count). The van der Waals surface area contributed by atoms with Crippen molar-refractivity contribution in [3.63, 3.8) is 0 Å². The highest BCUT2D eigenvalue weighted by Gasteiger charge is 2.35. The molecule has 2 aliphatic heterocycles. The highest BCUT2D eigenvalue weighted by Crippen LogP contribution is 2.35. The van der Waals surface area contributed by atoms with Gasteiger partial charge in [-0.05, 0) is 50.8 Å². The highest BCUT2D eigenvalue weighted by molar-refractivity contribution is 8.26. The quantitative estimate of drug-likeness (QED) is 0.513. The lowest BCUT2D eigenvalue weighted by molar-refractivity contribution is -0.123. The number of fused-ring (bicyclic) bond motifs is 1. The van der Waals surface area contributed by atoms with Gasteiger partial charge in [-0.2, -0.15) is 0 Å². The van der Waals surface area contributed by atoms with Crippen molar-refractivity contribution in [3.05, 3.63) is 44.7 Å². The van der Waals surface area contributed by atoms with Crippen molar-refractivity contribution < 1.29 is 9.59 Å². The molecule has 0 spiro atoms. The molecular formula is C23H27N5O3S2. The number of nitrogens with zero attached hydrogens (tertiary/aromatic N) is 4. The first-order chi connectivity index (χ1) is 15.7. The molecule has 0 saturated carbocycles. The van der Waals surface area contributed by atoms with E-state index in [0.29, 0.717) is 52.2 Å². The van der Waals surface area contributed by atoms with Gasteiger partial charge in [-0.15, -0.1) is 0 Å². The Morgan fingerprint density at radius 3 is 2.70 bits per heavy atom. The number of thiocarbonyl (C=S) groups is 1. The van der Waals surface area contributed by atoms with Crippen LogP contribution in [0.25, 0.3) is 11.7 Å². The zero-order valence-corrected chi connectivity index (χ0v) is 20.5. The third-order valence-corrected chi connectivity index (χ3v) is 7.72. The molecule has 2 amide bonds. The summed E-state index contributed by atoms with van der Waals surface area (Å²) in [6.07, 6.45) is 5.28. The fourth-order valence-electron chi connectivity index (χ4n) is 4.22. The molecule has 4 heterocycles. The first-order valence-corrected chi connectivity index (χ1v) is 12.3. The molecule has 0 radical (unpaired) electrons. The van der Waals surface area contributed by atoms with E-state index in [1.54, 1.807) is 23.2 Å². The Morgan fingerprint density at radius 2 is 2.06 bits per heavy atom. The van der Waals surface area contributed by atoms with Crippen LogP contribution >= 0.6 is 24.0 Å². The van der Waals surface area contributed by atoms with Crippen LogP contribution in [0, 0.1) is 12.8 Å². The number of anilines is 1. The molecule has 8 nitrogen and oxygen atoms in total. The summed E-state index contributed by atoms with van der Waals surface area (Å²) in [6.45, 7) is 6.97. The van der Waals surface area contributed by atoms with Gasteiger partial charge in [0.1, 0.15) is 15.8 Å². The van der Waals surface area contributed by atoms with Gasteiger partial charge in [0.25, 0.3) is 11.5 Å². The Labute approximate surface area is 201 Å². The molecule has 2 saturated heterocycles. The van der Waals surface area contributed by atoms with Crippen molar-refractivity contribution in [3.8, 4) is 0 Å². The Hall–Kier alpha value is -2.72. The zero-order chi connectivity index (χ0) is 23.9. The molecule has 0 bridgehead atoms. The average molecular weight is 486 g/mol. The number of thioether (sulfide) groups is 1. The lowest BCUT2D eigenvalue weighted by atomic mass is 9.96. The van der Waals surface area contributed by atoms with Crippen LogP contribution in [0.1, 0.15) is 44.2 Å². The van der Waals surface area contributed by atoms with E-state index in [1.165, 1.54) is 16.2 Å². The second kappa shape index (κ2) is 9.26. The standard InChI is InChI=1S/C23H27N5O3S2/c1-4-14(3)28-22(31)17(33-23(28)32)12-16-20(26-10-7-15(8-11-26)18(24)29)25-19-13(2)6-5-9-27(19)21(16)30/h5-6,9,12,14-15H,4,7-8,10-11H2,1-3H3,(H2,24,29)/b17-12-/t14-/m1/s1. The number of hydrogen-bond donors (Lipinski definition) is 1. The van der Waals surface area contributed by atoms with Crippen molar-refractivity contribution in [1.29, 1.82) is 0 Å². The minimum absolute atomic E-state index is 0.0193. The lowest BCUT2D eigenvalue weighted by Crippen LogP contribution is -2.40. The number of carbonyl (C=O) groups is 2. The van der Waals surface area contributed by atoms with E-state index in [0.717, 1.165) is 12.0 Å².